The van der Waals surface area contributed by atoms with Crippen LogP contribution in [0.2, 0.25) is 0 Å². The molecule has 0 aliphatic heterocycles. The molecule has 0 heterocycles. The third-order valence-corrected chi connectivity index (χ3v) is 1.35. The van der Waals surface area contributed by atoms with Crippen molar-refractivity contribution in [1.29, 1.82) is 5.26 Å². The predicted octanol–water partition coefficient (Wildman–Crippen LogP) is 2.11. The van der Waals surface area contributed by atoms with Crippen molar-refractivity contribution in [3.05, 3.63) is 12.2 Å². The molecular formula is C7H11N. The fourth-order valence-corrected chi connectivity index (χ4v) is 0.357. The van der Waals surface area contributed by atoms with Gasteiger partial charge in [-0.25, -0.2) is 0 Å². The van der Waals surface area contributed by atoms with Gasteiger partial charge in [-0.2, -0.15) is 5.26 Å². The van der Waals surface area contributed by atoms with Gasteiger partial charge in [-0.1, -0.05) is 20.4 Å². The van der Waals surface area contributed by atoms with Crippen LogP contribution in [0.3, 0.4) is 0 Å². The third kappa shape index (κ3) is 1.79. The zero-order valence-corrected chi connectivity index (χ0v) is 5.44. The van der Waals surface area contributed by atoms with Crippen molar-refractivity contribution in [2.45, 2.75) is 20.3 Å². The zero-order valence-electron chi connectivity index (χ0n) is 5.44. The smallest absolute Gasteiger partial charge is 0.0943 e. The van der Waals surface area contributed by atoms with Crippen LogP contribution in [0, 0.1) is 17.2 Å². The average Bonchev–Trinajstić information content (AvgIpc) is 1.84. The Hall–Kier alpha value is -0.770. The van der Waals surface area contributed by atoms with E-state index in [1.165, 1.54) is 0 Å². The third-order valence-electron chi connectivity index (χ3n) is 1.35. The largest absolute Gasteiger partial charge is 0.193 e. The molecule has 0 saturated heterocycles. The van der Waals surface area contributed by atoms with Gasteiger partial charge in [0.25, 0.3) is 0 Å². The molecule has 0 N–H and O–H groups in total. The first kappa shape index (κ1) is 7.23. The fraction of sp³-hybridized carbons (Fsp3) is 0.571. The Morgan fingerprint density at radius 3 is 2.50 bits per heavy atom. The number of hydrogen-bond acceptors (Lipinski definition) is 1. The summed E-state index contributed by atoms with van der Waals surface area (Å²) in [6.45, 7) is 7.64. The summed E-state index contributed by atoms with van der Waals surface area (Å²) < 4.78 is 0. The molecule has 0 aliphatic rings. The highest BCUT2D eigenvalue weighted by Crippen LogP contribution is 2.09. The van der Waals surface area contributed by atoms with Crippen LogP contribution in [0.25, 0.3) is 0 Å². The number of rotatable bonds is 2. The Balaban J connectivity index is 3.68. The summed E-state index contributed by atoms with van der Waals surface area (Å²) >= 11 is 0. The molecule has 1 atom stereocenters. The van der Waals surface area contributed by atoms with E-state index >= 15 is 0 Å². The fourth-order valence-electron chi connectivity index (χ4n) is 0.357. The molecule has 0 aromatic rings. The van der Waals surface area contributed by atoms with Gasteiger partial charge in [-0.05, 0) is 12.3 Å². The van der Waals surface area contributed by atoms with Crippen molar-refractivity contribution in [3.8, 4) is 6.07 Å². The van der Waals surface area contributed by atoms with E-state index in [4.69, 9.17) is 5.26 Å². The molecule has 0 aliphatic carbocycles. The molecule has 0 bridgehead atoms. The Kier molecular flexibility index (Phi) is 2.95. The maximum Gasteiger partial charge on any atom is 0.0943 e. The summed E-state index contributed by atoms with van der Waals surface area (Å²) in [4.78, 5) is 0. The maximum absolute atomic E-state index is 8.29. The monoisotopic (exact) mass is 109 g/mol. The van der Waals surface area contributed by atoms with Gasteiger partial charge >= 0.3 is 0 Å². The second kappa shape index (κ2) is 3.26. The number of allylic oxidation sites excluding steroid dienone is 1. The van der Waals surface area contributed by atoms with E-state index in [0.717, 1.165) is 6.42 Å². The van der Waals surface area contributed by atoms with Gasteiger partial charge in [0.2, 0.25) is 0 Å². The minimum absolute atomic E-state index is 0.361. The quantitative estimate of drug-likeness (QED) is 0.498. The molecule has 1 heteroatoms. The van der Waals surface area contributed by atoms with Crippen molar-refractivity contribution >= 4 is 0 Å². The van der Waals surface area contributed by atoms with Crippen LogP contribution in [-0.4, -0.2) is 0 Å². The van der Waals surface area contributed by atoms with Crippen molar-refractivity contribution in [3.63, 3.8) is 0 Å². The number of hydrogen-bond donors (Lipinski definition) is 0. The van der Waals surface area contributed by atoms with Crippen LogP contribution in [0.15, 0.2) is 12.2 Å². The van der Waals surface area contributed by atoms with Gasteiger partial charge in [0.1, 0.15) is 0 Å². The van der Waals surface area contributed by atoms with E-state index in [1.54, 1.807) is 0 Å². The van der Waals surface area contributed by atoms with Crippen LogP contribution in [-0.2, 0) is 0 Å². The van der Waals surface area contributed by atoms with Gasteiger partial charge < -0.3 is 0 Å². The van der Waals surface area contributed by atoms with Crippen LogP contribution in [0.4, 0.5) is 0 Å². The highest BCUT2D eigenvalue weighted by atomic mass is 14.2. The lowest BCUT2D eigenvalue weighted by Gasteiger charge is -2.01. The predicted molar refractivity (Wildman–Crippen MR) is 34.2 cm³/mol. The van der Waals surface area contributed by atoms with Gasteiger partial charge in [-0.3, -0.25) is 0 Å². The summed E-state index contributed by atoms with van der Waals surface area (Å²) in [5.74, 6) is 0.361. The average molecular weight is 109 g/mol. The topological polar surface area (TPSA) is 23.8 Å². The van der Waals surface area contributed by atoms with E-state index in [-0.39, 0.29) is 0 Å². The lowest BCUT2D eigenvalue weighted by atomic mass is 10.0. The SMILES string of the molecule is C=C(C#N)C(C)CC. The Bertz CT molecular complexity index is 119. The summed E-state index contributed by atoms with van der Waals surface area (Å²) in [5.41, 5.74) is 0.688. The van der Waals surface area contributed by atoms with Gasteiger partial charge in [0.05, 0.1) is 6.07 Å². The molecule has 8 heavy (non-hydrogen) atoms. The lowest BCUT2D eigenvalue weighted by Crippen LogP contribution is -1.92. The summed E-state index contributed by atoms with van der Waals surface area (Å²) in [6, 6.07) is 2.02. The van der Waals surface area contributed by atoms with Gasteiger partial charge in [0, 0.05) is 5.57 Å². The van der Waals surface area contributed by atoms with Crippen LogP contribution >= 0.6 is 0 Å². The molecule has 44 valence electrons. The first-order chi connectivity index (χ1) is 3.72. The van der Waals surface area contributed by atoms with E-state index < -0.39 is 0 Å². The van der Waals surface area contributed by atoms with Crippen LogP contribution < -0.4 is 0 Å². The number of nitriles is 1. The molecule has 1 nitrogen and oxygen atoms in total. The Morgan fingerprint density at radius 1 is 1.88 bits per heavy atom. The summed E-state index contributed by atoms with van der Waals surface area (Å²) in [7, 11) is 0. The first-order valence-corrected chi connectivity index (χ1v) is 2.81. The van der Waals surface area contributed by atoms with Gasteiger partial charge in [0.15, 0.2) is 0 Å². The standard InChI is InChI=1S/C7H11N/c1-4-6(2)7(3)5-8/h6H,3-4H2,1-2H3. The second-order valence-corrected chi connectivity index (χ2v) is 1.95. The summed E-state index contributed by atoms with van der Waals surface area (Å²) in [6.07, 6.45) is 1.01. The maximum atomic E-state index is 8.29. The number of nitrogens with zero attached hydrogens (tertiary/aromatic N) is 1. The second-order valence-electron chi connectivity index (χ2n) is 1.95. The minimum atomic E-state index is 0.361. The molecule has 0 fully saturated rings. The van der Waals surface area contributed by atoms with Crippen molar-refractivity contribution in [2.75, 3.05) is 0 Å². The van der Waals surface area contributed by atoms with Crippen molar-refractivity contribution in [2.24, 2.45) is 5.92 Å². The Morgan fingerprint density at radius 2 is 2.38 bits per heavy atom. The Labute approximate surface area is 50.6 Å². The highest BCUT2D eigenvalue weighted by Gasteiger charge is 1.99. The van der Waals surface area contributed by atoms with E-state index in [9.17, 15) is 0 Å². The molecule has 0 saturated carbocycles. The molecule has 0 radical (unpaired) electrons. The molecule has 0 rings (SSSR count). The van der Waals surface area contributed by atoms with E-state index in [1.807, 2.05) is 19.9 Å². The molecule has 1 unspecified atom stereocenters. The van der Waals surface area contributed by atoms with Crippen molar-refractivity contribution in [1.82, 2.24) is 0 Å². The molecular weight excluding hydrogens is 98.1 g/mol. The molecule has 0 spiro atoms. The van der Waals surface area contributed by atoms with Gasteiger partial charge in [-0.15, -0.1) is 0 Å². The first-order valence-electron chi connectivity index (χ1n) is 2.81. The van der Waals surface area contributed by atoms with E-state index in [2.05, 4.69) is 6.58 Å². The summed E-state index contributed by atoms with van der Waals surface area (Å²) in [5, 5.41) is 8.29. The molecule has 0 aromatic carbocycles. The van der Waals surface area contributed by atoms with E-state index in [0.29, 0.717) is 11.5 Å². The zero-order chi connectivity index (χ0) is 6.57. The minimum Gasteiger partial charge on any atom is -0.193 e. The lowest BCUT2D eigenvalue weighted by molar-refractivity contribution is 0.675. The molecule has 0 aromatic heterocycles. The van der Waals surface area contributed by atoms with Crippen LogP contribution in [0.5, 0.6) is 0 Å². The normalized spacial score (nSPS) is 12.1. The highest BCUT2D eigenvalue weighted by molar-refractivity contribution is 5.18. The van der Waals surface area contributed by atoms with Crippen LogP contribution in [0.1, 0.15) is 20.3 Å². The van der Waals surface area contributed by atoms with Crippen molar-refractivity contribution < 1.29 is 0 Å². The molecule has 0 amide bonds.